The number of rotatable bonds is 3. The zero-order valence-corrected chi connectivity index (χ0v) is 11.6. The summed E-state index contributed by atoms with van der Waals surface area (Å²) < 4.78 is 5.24. The van der Waals surface area contributed by atoms with E-state index in [2.05, 4.69) is 53.5 Å². The molecule has 0 fully saturated rings. The van der Waals surface area contributed by atoms with Crippen LogP contribution in [0.3, 0.4) is 0 Å². The fraction of sp³-hybridized carbons (Fsp3) is 0.176. The van der Waals surface area contributed by atoms with Crippen LogP contribution in [0.4, 0.5) is 0 Å². The summed E-state index contributed by atoms with van der Waals surface area (Å²) in [6, 6.07) is 16.7. The lowest BCUT2D eigenvalue weighted by molar-refractivity contribution is 0.423. The van der Waals surface area contributed by atoms with Crippen LogP contribution >= 0.6 is 0 Å². The van der Waals surface area contributed by atoms with E-state index in [1.165, 1.54) is 16.7 Å². The highest BCUT2D eigenvalue weighted by atomic mass is 16.5. The summed E-state index contributed by atoms with van der Waals surface area (Å²) in [7, 11) is 0. The smallest absolute Gasteiger partial charge is 0.257 e. The van der Waals surface area contributed by atoms with Gasteiger partial charge in [0.05, 0.1) is 0 Å². The van der Waals surface area contributed by atoms with Crippen LogP contribution in [0.5, 0.6) is 0 Å². The Kier molecular flexibility index (Phi) is 3.33. The van der Waals surface area contributed by atoms with Gasteiger partial charge in [0.15, 0.2) is 5.82 Å². The largest absolute Gasteiger partial charge is 0.334 e. The van der Waals surface area contributed by atoms with E-state index in [-0.39, 0.29) is 0 Å². The van der Waals surface area contributed by atoms with Crippen molar-refractivity contribution in [2.75, 3.05) is 0 Å². The van der Waals surface area contributed by atoms with Crippen LogP contribution in [-0.4, -0.2) is 10.1 Å². The Balaban J connectivity index is 1.89. The Hall–Kier alpha value is -2.42. The summed E-state index contributed by atoms with van der Waals surface area (Å²) in [5, 5.41) is 3.92. The van der Waals surface area contributed by atoms with Gasteiger partial charge in [-0.25, -0.2) is 0 Å². The van der Waals surface area contributed by atoms with E-state index in [9.17, 15) is 0 Å². The number of nitrogens with zero attached hydrogens (tertiary/aromatic N) is 2. The molecule has 0 saturated heterocycles. The first-order chi connectivity index (χ1) is 9.76. The van der Waals surface area contributed by atoms with Crippen molar-refractivity contribution in [3.05, 3.63) is 59.9 Å². The molecule has 1 aromatic heterocycles. The second-order valence-corrected chi connectivity index (χ2v) is 4.81. The van der Waals surface area contributed by atoms with E-state index < -0.39 is 0 Å². The molecule has 3 nitrogen and oxygen atoms in total. The van der Waals surface area contributed by atoms with Crippen LogP contribution in [0.1, 0.15) is 18.3 Å². The first-order valence-corrected chi connectivity index (χ1v) is 6.76. The van der Waals surface area contributed by atoms with Gasteiger partial charge < -0.3 is 4.52 Å². The van der Waals surface area contributed by atoms with Gasteiger partial charge in [-0.2, -0.15) is 4.98 Å². The number of aromatic nitrogens is 2. The lowest BCUT2D eigenvalue weighted by atomic mass is 10.0. The van der Waals surface area contributed by atoms with Crippen molar-refractivity contribution in [2.24, 2.45) is 0 Å². The molecule has 0 aliphatic rings. The van der Waals surface area contributed by atoms with Crippen LogP contribution in [-0.2, 0) is 6.42 Å². The lowest BCUT2D eigenvalue weighted by Gasteiger charge is -2.03. The first-order valence-electron chi connectivity index (χ1n) is 6.76. The van der Waals surface area contributed by atoms with Crippen molar-refractivity contribution in [2.45, 2.75) is 20.3 Å². The van der Waals surface area contributed by atoms with Crippen LogP contribution in [0.25, 0.3) is 22.6 Å². The summed E-state index contributed by atoms with van der Waals surface area (Å²) in [4.78, 5) is 4.34. The zero-order chi connectivity index (χ0) is 13.9. The van der Waals surface area contributed by atoms with Gasteiger partial charge in [-0.3, -0.25) is 0 Å². The van der Waals surface area contributed by atoms with Gasteiger partial charge in [0, 0.05) is 12.0 Å². The molecule has 0 radical (unpaired) electrons. The molecule has 0 aliphatic heterocycles. The molecule has 100 valence electrons. The average molecular weight is 264 g/mol. The van der Waals surface area contributed by atoms with Gasteiger partial charge in [-0.05, 0) is 30.2 Å². The summed E-state index contributed by atoms with van der Waals surface area (Å²) in [6.07, 6.45) is 0.783. The summed E-state index contributed by atoms with van der Waals surface area (Å²) in [5.41, 5.74) is 4.61. The van der Waals surface area contributed by atoms with Crippen LogP contribution in [0, 0.1) is 6.92 Å². The predicted octanol–water partition coefficient (Wildman–Crippen LogP) is 4.27. The summed E-state index contributed by atoms with van der Waals surface area (Å²) in [6.45, 7) is 4.10. The van der Waals surface area contributed by atoms with E-state index in [4.69, 9.17) is 4.52 Å². The topological polar surface area (TPSA) is 38.9 Å². The molecule has 0 aliphatic carbocycles. The monoisotopic (exact) mass is 264 g/mol. The Bertz CT molecular complexity index is 697. The second-order valence-electron chi connectivity index (χ2n) is 4.81. The third kappa shape index (κ3) is 2.48. The molecule has 3 rings (SSSR count). The average Bonchev–Trinajstić information content (AvgIpc) is 2.97. The standard InChI is InChI=1S/C17H16N2O/c1-3-16-18-17(20-19-16)15-10-8-14(9-11-15)13-6-4-12(2)5-7-13/h4-11H,3H2,1-2H3. The maximum absolute atomic E-state index is 5.24. The van der Waals surface area contributed by atoms with Crippen LogP contribution < -0.4 is 0 Å². The number of aryl methyl sites for hydroxylation is 2. The van der Waals surface area contributed by atoms with Gasteiger partial charge in [0.2, 0.25) is 0 Å². The molecule has 1 heterocycles. The molecule has 0 spiro atoms. The van der Waals surface area contributed by atoms with Crippen molar-refractivity contribution in [3.63, 3.8) is 0 Å². The quantitative estimate of drug-likeness (QED) is 0.709. The molecule has 2 aromatic carbocycles. The molecule has 3 heteroatoms. The molecular weight excluding hydrogens is 248 g/mol. The first kappa shape index (κ1) is 12.6. The molecular formula is C17H16N2O. The van der Waals surface area contributed by atoms with Gasteiger partial charge in [0.25, 0.3) is 5.89 Å². The number of benzene rings is 2. The Labute approximate surface area is 118 Å². The fourth-order valence-corrected chi connectivity index (χ4v) is 2.07. The Morgan fingerprint density at radius 2 is 1.40 bits per heavy atom. The molecule has 0 N–H and O–H groups in total. The van der Waals surface area contributed by atoms with Crippen molar-refractivity contribution < 1.29 is 4.52 Å². The predicted molar refractivity (Wildman–Crippen MR) is 79.3 cm³/mol. The van der Waals surface area contributed by atoms with E-state index in [0.29, 0.717) is 5.89 Å². The summed E-state index contributed by atoms with van der Waals surface area (Å²) >= 11 is 0. The molecule has 0 amide bonds. The summed E-state index contributed by atoms with van der Waals surface area (Å²) in [5.74, 6) is 1.32. The van der Waals surface area contributed by atoms with Crippen LogP contribution in [0.2, 0.25) is 0 Å². The van der Waals surface area contributed by atoms with Gasteiger partial charge in [0.1, 0.15) is 0 Å². The highest BCUT2D eigenvalue weighted by Gasteiger charge is 2.07. The minimum absolute atomic E-state index is 0.581. The number of hydrogen-bond donors (Lipinski definition) is 0. The van der Waals surface area contributed by atoms with Crippen LogP contribution in [0.15, 0.2) is 53.1 Å². The number of hydrogen-bond acceptors (Lipinski definition) is 3. The maximum Gasteiger partial charge on any atom is 0.257 e. The van der Waals surface area contributed by atoms with Crippen molar-refractivity contribution in [1.29, 1.82) is 0 Å². The van der Waals surface area contributed by atoms with Gasteiger partial charge in [-0.1, -0.05) is 54.0 Å². The van der Waals surface area contributed by atoms with E-state index >= 15 is 0 Å². The molecule has 0 saturated carbocycles. The van der Waals surface area contributed by atoms with Crippen molar-refractivity contribution in [1.82, 2.24) is 10.1 Å². The van der Waals surface area contributed by atoms with Gasteiger partial charge >= 0.3 is 0 Å². The van der Waals surface area contributed by atoms with E-state index in [0.717, 1.165) is 17.8 Å². The highest BCUT2D eigenvalue weighted by Crippen LogP contribution is 2.24. The SMILES string of the molecule is CCc1noc(-c2ccc(-c3ccc(C)cc3)cc2)n1. The molecule has 0 unspecified atom stereocenters. The maximum atomic E-state index is 5.24. The molecule has 20 heavy (non-hydrogen) atoms. The fourth-order valence-electron chi connectivity index (χ4n) is 2.07. The molecule has 0 bridgehead atoms. The highest BCUT2D eigenvalue weighted by molar-refractivity contribution is 5.67. The molecule has 3 aromatic rings. The van der Waals surface area contributed by atoms with E-state index in [1.54, 1.807) is 0 Å². The second kappa shape index (κ2) is 5.29. The van der Waals surface area contributed by atoms with Crippen molar-refractivity contribution >= 4 is 0 Å². The van der Waals surface area contributed by atoms with Crippen molar-refractivity contribution in [3.8, 4) is 22.6 Å². The molecule has 0 atom stereocenters. The minimum Gasteiger partial charge on any atom is -0.334 e. The lowest BCUT2D eigenvalue weighted by Crippen LogP contribution is -1.83. The minimum atomic E-state index is 0.581. The normalized spacial score (nSPS) is 10.7. The zero-order valence-electron chi connectivity index (χ0n) is 11.6. The third-order valence-electron chi connectivity index (χ3n) is 3.30. The Morgan fingerprint density at radius 1 is 0.850 bits per heavy atom. The third-order valence-corrected chi connectivity index (χ3v) is 3.30. The Morgan fingerprint density at radius 3 is 1.95 bits per heavy atom. The van der Waals surface area contributed by atoms with E-state index in [1.807, 2.05) is 19.1 Å². The van der Waals surface area contributed by atoms with Gasteiger partial charge in [-0.15, -0.1) is 0 Å².